The molecular formula is C19H14BrF2N3O2. The van der Waals surface area contributed by atoms with Gasteiger partial charge in [-0.15, -0.1) is 0 Å². The lowest BCUT2D eigenvalue weighted by molar-refractivity contribution is -0.128. The second kappa shape index (κ2) is 7.19. The lowest BCUT2D eigenvalue weighted by atomic mass is 10.1. The number of carbonyl (C=O) groups is 1. The maximum atomic E-state index is 13.8. The van der Waals surface area contributed by atoms with E-state index in [1.165, 1.54) is 17.0 Å². The fourth-order valence-electron chi connectivity index (χ4n) is 3.06. The van der Waals surface area contributed by atoms with Crippen molar-refractivity contribution in [2.45, 2.75) is 18.9 Å². The summed E-state index contributed by atoms with van der Waals surface area (Å²) in [7, 11) is 0. The third kappa shape index (κ3) is 3.75. The maximum Gasteiger partial charge on any atom is 0.232 e. The number of nitrogens with zero attached hydrogens (tertiary/aromatic N) is 3. The second-order valence-electron chi connectivity index (χ2n) is 6.37. The lowest BCUT2D eigenvalue weighted by Gasteiger charge is -2.16. The smallest absolute Gasteiger partial charge is 0.232 e. The van der Waals surface area contributed by atoms with Gasteiger partial charge in [0, 0.05) is 41.2 Å². The first-order chi connectivity index (χ1) is 13.0. The third-order valence-corrected chi connectivity index (χ3v) is 5.01. The first-order valence-electron chi connectivity index (χ1n) is 8.31. The zero-order valence-corrected chi connectivity index (χ0v) is 15.6. The summed E-state index contributed by atoms with van der Waals surface area (Å²) in [5.74, 6) is -0.865. The highest BCUT2D eigenvalue weighted by Crippen LogP contribution is 2.30. The molecule has 0 saturated carbocycles. The Balaban J connectivity index is 1.48. The monoisotopic (exact) mass is 433 g/mol. The molecule has 0 radical (unpaired) electrons. The van der Waals surface area contributed by atoms with Crippen molar-refractivity contribution in [3.05, 3.63) is 70.0 Å². The molecule has 2 aromatic carbocycles. The molecule has 1 aliphatic heterocycles. The molecule has 4 rings (SSSR count). The first-order valence-corrected chi connectivity index (χ1v) is 9.10. The molecule has 1 aliphatic rings. The average molecular weight is 434 g/mol. The molecule has 0 N–H and O–H groups in total. The highest BCUT2D eigenvalue weighted by Gasteiger charge is 2.34. The van der Waals surface area contributed by atoms with E-state index >= 15 is 0 Å². The molecule has 0 spiro atoms. The van der Waals surface area contributed by atoms with E-state index in [4.69, 9.17) is 4.52 Å². The van der Waals surface area contributed by atoms with Crippen LogP contribution in [0.5, 0.6) is 0 Å². The van der Waals surface area contributed by atoms with E-state index in [1.807, 2.05) is 24.3 Å². The van der Waals surface area contributed by atoms with Gasteiger partial charge in [0.1, 0.15) is 11.6 Å². The van der Waals surface area contributed by atoms with Gasteiger partial charge in [-0.05, 0) is 30.3 Å². The van der Waals surface area contributed by atoms with E-state index < -0.39 is 11.6 Å². The number of halogens is 3. The molecule has 8 heteroatoms. The number of rotatable bonds is 4. The van der Waals surface area contributed by atoms with Crippen molar-refractivity contribution >= 4 is 21.8 Å². The molecule has 0 aliphatic carbocycles. The van der Waals surface area contributed by atoms with Crippen molar-refractivity contribution in [1.29, 1.82) is 0 Å². The summed E-state index contributed by atoms with van der Waals surface area (Å²) in [6.45, 7) is 0.423. The second-order valence-corrected chi connectivity index (χ2v) is 7.29. The Morgan fingerprint density at radius 3 is 2.70 bits per heavy atom. The molecule has 5 nitrogen and oxygen atoms in total. The van der Waals surface area contributed by atoms with E-state index in [0.29, 0.717) is 18.3 Å². The van der Waals surface area contributed by atoms with Crippen LogP contribution in [-0.2, 0) is 11.3 Å². The molecule has 1 unspecified atom stereocenters. The van der Waals surface area contributed by atoms with Gasteiger partial charge in [-0.1, -0.05) is 27.2 Å². The SMILES string of the molecule is O=C1CC(c2nc(-c3ccc(Br)cc3)no2)CN1Cc1ccc(F)cc1F. The van der Waals surface area contributed by atoms with Gasteiger partial charge >= 0.3 is 0 Å². The summed E-state index contributed by atoms with van der Waals surface area (Å²) < 4.78 is 33.2. The van der Waals surface area contributed by atoms with E-state index in [-0.39, 0.29) is 30.4 Å². The van der Waals surface area contributed by atoms with Gasteiger partial charge in [-0.25, -0.2) is 8.78 Å². The molecular weight excluding hydrogens is 420 g/mol. The Hall–Kier alpha value is -2.61. The van der Waals surface area contributed by atoms with Gasteiger partial charge in [0.25, 0.3) is 0 Å². The fraction of sp³-hybridized carbons (Fsp3) is 0.211. The quantitative estimate of drug-likeness (QED) is 0.615. The Morgan fingerprint density at radius 1 is 1.19 bits per heavy atom. The molecule has 1 saturated heterocycles. The number of carbonyl (C=O) groups excluding carboxylic acids is 1. The van der Waals surface area contributed by atoms with Crippen molar-refractivity contribution in [3.8, 4) is 11.4 Å². The Morgan fingerprint density at radius 2 is 1.96 bits per heavy atom. The van der Waals surface area contributed by atoms with E-state index in [1.54, 1.807) is 0 Å². The van der Waals surface area contributed by atoms with Crippen LogP contribution in [0.15, 0.2) is 51.5 Å². The van der Waals surface area contributed by atoms with Crippen LogP contribution < -0.4 is 0 Å². The summed E-state index contributed by atoms with van der Waals surface area (Å²) in [5, 5.41) is 3.99. The largest absolute Gasteiger partial charge is 0.339 e. The predicted octanol–water partition coefficient (Wildman–Crippen LogP) is 4.29. The number of hydrogen-bond donors (Lipinski definition) is 0. The molecule has 1 fully saturated rings. The van der Waals surface area contributed by atoms with Crippen LogP contribution in [0.25, 0.3) is 11.4 Å². The minimum atomic E-state index is -0.665. The van der Waals surface area contributed by atoms with Crippen LogP contribution >= 0.6 is 15.9 Å². The van der Waals surface area contributed by atoms with E-state index in [2.05, 4.69) is 26.1 Å². The topological polar surface area (TPSA) is 59.2 Å². The summed E-state index contributed by atoms with van der Waals surface area (Å²) in [6.07, 6.45) is 0.213. The van der Waals surface area contributed by atoms with Crippen molar-refractivity contribution in [1.82, 2.24) is 15.0 Å². The lowest BCUT2D eigenvalue weighted by Crippen LogP contribution is -2.25. The van der Waals surface area contributed by atoms with Crippen molar-refractivity contribution in [3.63, 3.8) is 0 Å². The Labute approximate surface area is 162 Å². The van der Waals surface area contributed by atoms with Crippen molar-refractivity contribution in [2.24, 2.45) is 0 Å². The molecule has 1 atom stereocenters. The van der Waals surface area contributed by atoms with Crippen molar-refractivity contribution in [2.75, 3.05) is 6.54 Å². The Bertz CT molecular complexity index is 991. The van der Waals surface area contributed by atoms with E-state index in [9.17, 15) is 13.6 Å². The third-order valence-electron chi connectivity index (χ3n) is 4.48. The van der Waals surface area contributed by atoms with Crippen LogP contribution in [0.4, 0.5) is 8.78 Å². The molecule has 138 valence electrons. The molecule has 27 heavy (non-hydrogen) atoms. The summed E-state index contributed by atoms with van der Waals surface area (Å²) >= 11 is 3.37. The number of aromatic nitrogens is 2. The fourth-order valence-corrected chi connectivity index (χ4v) is 3.33. The predicted molar refractivity (Wildman–Crippen MR) is 96.6 cm³/mol. The number of likely N-dealkylation sites (tertiary alicyclic amines) is 1. The van der Waals surface area contributed by atoms with Crippen LogP contribution in [-0.4, -0.2) is 27.5 Å². The van der Waals surface area contributed by atoms with E-state index in [0.717, 1.165) is 16.1 Å². The summed E-state index contributed by atoms with van der Waals surface area (Å²) in [4.78, 5) is 18.2. The highest BCUT2D eigenvalue weighted by molar-refractivity contribution is 9.10. The minimum Gasteiger partial charge on any atom is -0.339 e. The summed E-state index contributed by atoms with van der Waals surface area (Å²) in [5.41, 5.74) is 1.08. The standard InChI is InChI=1S/C19H14BrF2N3O2/c20-14-4-1-11(2-5-14)18-23-19(27-24-18)13-7-17(26)25(10-13)9-12-3-6-15(21)8-16(12)22/h1-6,8,13H,7,9-10H2. The average Bonchev–Trinajstić information content (AvgIpc) is 3.25. The van der Waals surface area contributed by atoms with Gasteiger partial charge in [-0.2, -0.15) is 4.98 Å². The molecule has 1 aromatic heterocycles. The van der Waals surface area contributed by atoms with Gasteiger partial charge < -0.3 is 9.42 Å². The first kappa shape index (κ1) is 17.8. The van der Waals surface area contributed by atoms with Crippen LogP contribution in [0.2, 0.25) is 0 Å². The van der Waals surface area contributed by atoms with Crippen LogP contribution in [0.3, 0.4) is 0 Å². The van der Waals surface area contributed by atoms with Crippen LogP contribution in [0.1, 0.15) is 23.8 Å². The van der Waals surface area contributed by atoms with Gasteiger partial charge in [0.05, 0.1) is 5.92 Å². The van der Waals surface area contributed by atoms with Gasteiger partial charge in [-0.3, -0.25) is 4.79 Å². The molecule has 0 bridgehead atoms. The zero-order valence-electron chi connectivity index (χ0n) is 14.0. The number of hydrogen-bond acceptors (Lipinski definition) is 4. The molecule has 1 amide bonds. The highest BCUT2D eigenvalue weighted by atomic mass is 79.9. The molecule has 2 heterocycles. The summed E-state index contributed by atoms with van der Waals surface area (Å²) in [6, 6.07) is 10.8. The Kier molecular flexibility index (Phi) is 4.73. The maximum absolute atomic E-state index is 13.8. The molecule has 3 aromatic rings. The van der Waals surface area contributed by atoms with Gasteiger partial charge in [0.2, 0.25) is 17.6 Å². The number of benzene rings is 2. The normalized spacial score (nSPS) is 16.9. The number of amides is 1. The van der Waals surface area contributed by atoms with Gasteiger partial charge in [0.15, 0.2) is 0 Å². The van der Waals surface area contributed by atoms with Crippen LogP contribution in [0, 0.1) is 11.6 Å². The van der Waals surface area contributed by atoms with Crippen molar-refractivity contribution < 1.29 is 18.1 Å². The minimum absolute atomic E-state index is 0.0785. The zero-order chi connectivity index (χ0) is 19.0.